The lowest BCUT2D eigenvalue weighted by Gasteiger charge is -2.07. The van der Waals surface area contributed by atoms with Gasteiger partial charge in [-0.3, -0.25) is 14.7 Å². The van der Waals surface area contributed by atoms with Gasteiger partial charge in [0, 0.05) is 34.4 Å². The Labute approximate surface area is 175 Å². The molecular weight excluding hydrogens is 412 g/mol. The molecule has 0 fully saturated rings. The smallest absolute Gasteiger partial charge is 0.276 e. The molecule has 0 unspecified atom stereocenters. The maximum absolute atomic E-state index is 12.8. The molecule has 140 valence electrons. The third-order valence-corrected chi connectivity index (χ3v) is 5.51. The zero-order valence-electron chi connectivity index (χ0n) is 14.6. The van der Waals surface area contributed by atoms with Crippen molar-refractivity contribution in [2.24, 2.45) is 0 Å². The van der Waals surface area contributed by atoms with Crippen LogP contribution in [0.2, 0.25) is 5.02 Å². The summed E-state index contributed by atoms with van der Waals surface area (Å²) in [5.41, 5.74) is 2.33. The van der Waals surface area contributed by atoms with E-state index in [9.17, 15) is 4.79 Å². The van der Waals surface area contributed by atoms with Crippen molar-refractivity contribution in [3.63, 3.8) is 0 Å². The fourth-order valence-electron chi connectivity index (χ4n) is 2.83. The number of anilines is 1. The molecule has 0 aliphatic carbocycles. The summed E-state index contributed by atoms with van der Waals surface area (Å²) in [4.78, 5) is 21.1. The normalized spacial score (nSPS) is 10.8. The molecule has 2 aromatic carbocycles. The van der Waals surface area contributed by atoms with Crippen molar-refractivity contribution in [2.75, 3.05) is 5.32 Å². The maximum atomic E-state index is 12.8. The van der Waals surface area contributed by atoms with Crippen LogP contribution in [0.4, 0.5) is 5.13 Å². The topological polar surface area (TPSA) is 62.7 Å². The Morgan fingerprint density at radius 2 is 2.04 bits per heavy atom. The molecule has 0 bridgehead atoms. The third-order valence-electron chi connectivity index (χ3n) is 4.06. The van der Waals surface area contributed by atoms with Crippen molar-refractivity contribution in [3.8, 4) is 5.69 Å². The summed E-state index contributed by atoms with van der Waals surface area (Å²) >= 11 is 12.8. The molecule has 0 aliphatic heterocycles. The van der Waals surface area contributed by atoms with Crippen LogP contribution in [0.5, 0.6) is 0 Å². The standard InChI is InChI=1S/C20H15ClN4OS2/c21-14-6-4-5-13(9-14)10-16-11-22-19(28-16)24-18(26)17-12-23-20(27)25(17)15-7-2-1-3-8-15/h1-9,11-12H,10H2,(H,23,27)(H,22,24,26). The van der Waals surface area contributed by atoms with Crippen LogP contribution in [0.3, 0.4) is 0 Å². The Balaban J connectivity index is 1.53. The first-order chi connectivity index (χ1) is 13.6. The Bertz CT molecular complexity index is 1180. The van der Waals surface area contributed by atoms with E-state index in [0.717, 1.165) is 16.1 Å². The highest BCUT2D eigenvalue weighted by molar-refractivity contribution is 7.71. The van der Waals surface area contributed by atoms with Crippen molar-refractivity contribution >= 4 is 46.2 Å². The molecule has 0 saturated carbocycles. The number of H-pyrrole nitrogens is 1. The van der Waals surface area contributed by atoms with Crippen molar-refractivity contribution in [3.05, 3.63) is 92.9 Å². The maximum Gasteiger partial charge on any atom is 0.276 e. The van der Waals surface area contributed by atoms with Gasteiger partial charge in [0.15, 0.2) is 9.90 Å². The molecule has 1 amide bonds. The van der Waals surface area contributed by atoms with E-state index in [1.807, 2.05) is 54.6 Å². The SMILES string of the molecule is O=C(Nc1ncc(Cc2cccc(Cl)c2)s1)c1c[nH]c(=S)n1-c1ccccc1. The van der Waals surface area contributed by atoms with Gasteiger partial charge in [0.05, 0.1) is 0 Å². The second-order valence-corrected chi connectivity index (χ2v) is 7.98. The summed E-state index contributed by atoms with van der Waals surface area (Å²) in [7, 11) is 0. The first-order valence-corrected chi connectivity index (χ1v) is 10.1. The molecule has 2 N–H and O–H groups in total. The second-order valence-electron chi connectivity index (χ2n) is 6.04. The summed E-state index contributed by atoms with van der Waals surface area (Å²) in [6.45, 7) is 0. The van der Waals surface area contributed by atoms with E-state index in [-0.39, 0.29) is 5.91 Å². The predicted molar refractivity (Wildman–Crippen MR) is 115 cm³/mol. The number of nitrogens with one attached hydrogen (secondary N) is 2. The van der Waals surface area contributed by atoms with Crippen LogP contribution in [0.1, 0.15) is 20.9 Å². The van der Waals surface area contributed by atoms with E-state index in [1.54, 1.807) is 17.0 Å². The molecule has 2 heterocycles. The van der Waals surface area contributed by atoms with Gasteiger partial charge in [-0.1, -0.05) is 41.9 Å². The number of hydrogen-bond acceptors (Lipinski definition) is 4. The summed E-state index contributed by atoms with van der Waals surface area (Å²) in [5.74, 6) is -0.278. The lowest BCUT2D eigenvalue weighted by Crippen LogP contribution is -2.16. The Hall–Kier alpha value is -2.74. The van der Waals surface area contributed by atoms with E-state index >= 15 is 0 Å². The van der Waals surface area contributed by atoms with Gasteiger partial charge in [0.25, 0.3) is 5.91 Å². The van der Waals surface area contributed by atoms with Crippen LogP contribution in [-0.4, -0.2) is 20.4 Å². The number of carbonyl (C=O) groups excluding carboxylic acids is 1. The molecule has 0 spiro atoms. The zero-order valence-corrected chi connectivity index (χ0v) is 16.9. The van der Waals surface area contributed by atoms with Gasteiger partial charge in [-0.25, -0.2) is 4.98 Å². The van der Waals surface area contributed by atoms with Crippen molar-refractivity contribution in [1.82, 2.24) is 14.5 Å². The van der Waals surface area contributed by atoms with Gasteiger partial charge < -0.3 is 4.98 Å². The number of para-hydroxylation sites is 1. The minimum Gasteiger partial charge on any atom is -0.336 e. The number of hydrogen-bond donors (Lipinski definition) is 2. The lowest BCUT2D eigenvalue weighted by molar-refractivity contribution is 0.102. The zero-order chi connectivity index (χ0) is 19.5. The van der Waals surface area contributed by atoms with E-state index < -0.39 is 0 Å². The molecule has 4 rings (SSSR count). The van der Waals surface area contributed by atoms with Gasteiger partial charge in [0.2, 0.25) is 0 Å². The molecule has 4 aromatic rings. The summed E-state index contributed by atoms with van der Waals surface area (Å²) in [5, 5.41) is 4.09. The predicted octanol–water partition coefficient (Wildman–Crippen LogP) is 5.49. The number of nitrogens with zero attached hydrogens (tertiary/aromatic N) is 2. The summed E-state index contributed by atoms with van der Waals surface area (Å²) in [6, 6.07) is 17.2. The third kappa shape index (κ3) is 4.06. The molecule has 0 atom stereocenters. The van der Waals surface area contributed by atoms with E-state index in [1.165, 1.54) is 11.3 Å². The first kappa shape index (κ1) is 18.6. The highest BCUT2D eigenvalue weighted by Gasteiger charge is 2.16. The van der Waals surface area contributed by atoms with Crippen LogP contribution in [0.15, 0.2) is 67.0 Å². The Morgan fingerprint density at radius 1 is 1.21 bits per heavy atom. The molecule has 0 radical (unpaired) electrons. The molecule has 2 aromatic heterocycles. The van der Waals surface area contributed by atoms with Gasteiger partial charge in [-0.05, 0) is 42.0 Å². The van der Waals surface area contributed by atoms with Gasteiger partial charge >= 0.3 is 0 Å². The fourth-order valence-corrected chi connectivity index (χ4v) is 4.14. The molecule has 0 aliphatic rings. The number of thiazole rings is 1. The quantitative estimate of drug-likeness (QED) is 0.415. The number of imidazole rings is 1. The van der Waals surface area contributed by atoms with Crippen LogP contribution in [-0.2, 0) is 6.42 Å². The van der Waals surface area contributed by atoms with Crippen LogP contribution in [0, 0.1) is 4.77 Å². The number of carbonyl (C=O) groups is 1. The van der Waals surface area contributed by atoms with Crippen molar-refractivity contribution < 1.29 is 4.79 Å². The van der Waals surface area contributed by atoms with Crippen LogP contribution >= 0.6 is 35.2 Å². The number of halogens is 1. The van der Waals surface area contributed by atoms with E-state index in [2.05, 4.69) is 15.3 Å². The molecule has 8 heteroatoms. The Morgan fingerprint density at radius 3 is 2.82 bits per heavy atom. The van der Waals surface area contributed by atoms with E-state index in [0.29, 0.717) is 27.0 Å². The Kier molecular flexibility index (Phi) is 5.38. The molecular formula is C20H15ClN4OS2. The van der Waals surface area contributed by atoms with Gasteiger partial charge in [0.1, 0.15) is 5.69 Å². The molecule has 0 saturated heterocycles. The second kappa shape index (κ2) is 8.10. The number of aromatic amines is 1. The number of rotatable bonds is 5. The van der Waals surface area contributed by atoms with Gasteiger partial charge in [-0.2, -0.15) is 0 Å². The van der Waals surface area contributed by atoms with E-state index in [4.69, 9.17) is 23.8 Å². The summed E-state index contributed by atoms with van der Waals surface area (Å²) < 4.78 is 2.16. The van der Waals surface area contributed by atoms with Crippen LogP contribution in [0.25, 0.3) is 5.69 Å². The number of benzene rings is 2. The highest BCUT2D eigenvalue weighted by atomic mass is 35.5. The average Bonchev–Trinajstić information content (AvgIpc) is 3.28. The van der Waals surface area contributed by atoms with Crippen molar-refractivity contribution in [1.29, 1.82) is 0 Å². The molecule has 5 nitrogen and oxygen atoms in total. The largest absolute Gasteiger partial charge is 0.336 e. The fraction of sp³-hybridized carbons (Fsp3) is 0.0500. The minimum absolute atomic E-state index is 0.278. The number of aromatic nitrogens is 3. The first-order valence-electron chi connectivity index (χ1n) is 8.46. The monoisotopic (exact) mass is 426 g/mol. The summed E-state index contributed by atoms with van der Waals surface area (Å²) in [6.07, 6.45) is 4.08. The highest BCUT2D eigenvalue weighted by Crippen LogP contribution is 2.23. The molecule has 28 heavy (non-hydrogen) atoms. The van der Waals surface area contributed by atoms with Crippen molar-refractivity contribution in [2.45, 2.75) is 6.42 Å². The number of amides is 1. The van der Waals surface area contributed by atoms with Crippen LogP contribution < -0.4 is 5.32 Å². The average molecular weight is 427 g/mol. The minimum atomic E-state index is -0.278. The van der Waals surface area contributed by atoms with Gasteiger partial charge in [-0.15, -0.1) is 11.3 Å². The lowest BCUT2D eigenvalue weighted by atomic mass is 10.1.